The molecule has 0 fully saturated rings. The van der Waals surface area contributed by atoms with Gasteiger partial charge in [-0.3, -0.25) is 4.79 Å². The molecule has 0 atom stereocenters. The number of amides is 1. The molecule has 0 aromatic heterocycles. The predicted molar refractivity (Wildman–Crippen MR) is 115 cm³/mol. The zero-order valence-electron chi connectivity index (χ0n) is 17.2. The molecule has 1 amide bonds. The maximum absolute atomic E-state index is 12.3. The van der Waals surface area contributed by atoms with Gasteiger partial charge in [-0.1, -0.05) is 13.0 Å². The molecular weight excluding hydrogens is 384 g/mol. The summed E-state index contributed by atoms with van der Waals surface area (Å²) in [6.07, 6.45) is 2.54. The van der Waals surface area contributed by atoms with Crippen molar-refractivity contribution in [3.63, 3.8) is 0 Å². The second-order valence-corrected chi connectivity index (χ2v) is 6.58. The zero-order chi connectivity index (χ0) is 21.5. The molecule has 1 aliphatic heterocycles. The fourth-order valence-electron chi connectivity index (χ4n) is 2.80. The molecule has 1 aliphatic rings. The number of nitrogens with one attached hydrogen (secondary N) is 1. The van der Waals surface area contributed by atoms with E-state index in [-0.39, 0.29) is 17.5 Å². The summed E-state index contributed by atoms with van der Waals surface area (Å²) in [6.45, 7) is 6.47. The number of cyclic esters (lactones) is 1. The van der Waals surface area contributed by atoms with Crippen LogP contribution in [0.4, 0.5) is 5.69 Å². The molecule has 156 valence electrons. The van der Waals surface area contributed by atoms with E-state index < -0.39 is 5.97 Å². The molecule has 7 nitrogen and oxygen atoms in total. The number of nitrogens with zero attached hydrogens (tertiary/aromatic N) is 1. The van der Waals surface area contributed by atoms with Gasteiger partial charge in [0.25, 0.3) is 0 Å². The Bertz CT molecular complexity index is 993. The van der Waals surface area contributed by atoms with Crippen molar-refractivity contribution in [3.8, 4) is 11.5 Å². The van der Waals surface area contributed by atoms with Crippen LogP contribution in [0.2, 0.25) is 0 Å². The van der Waals surface area contributed by atoms with E-state index in [1.54, 1.807) is 30.3 Å². The van der Waals surface area contributed by atoms with Gasteiger partial charge in [-0.15, -0.1) is 0 Å². The fraction of sp³-hybridized carbons (Fsp3) is 0.261. The van der Waals surface area contributed by atoms with Crippen molar-refractivity contribution in [3.05, 3.63) is 59.3 Å². The first kappa shape index (κ1) is 21.1. The Morgan fingerprint density at radius 3 is 2.53 bits per heavy atom. The van der Waals surface area contributed by atoms with Crippen LogP contribution in [0.1, 0.15) is 38.3 Å². The van der Waals surface area contributed by atoms with Crippen molar-refractivity contribution in [1.29, 1.82) is 0 Å². The van der Waals surface area contributed by atoms with Crippen molar-refractivity contribution in [1.82, 2.24) is 0 Å². The summed E-state index contributed by atoms with van der Waals surface area (Å²) in [5.74, 6) is 0.812. The van der Waals surface area contributed by atoms with Gasteiger partial charge < -0.3 is 19.5 Å². The lowest BCUT2D eigenvalue weighted by molar-refractivity contribution is -0.129. The van der Waals surface area contributed by atoms with Crippen molar-refractivity contribution in [2.24, 2.45) is 4.99 Å². The van der Waals surface area contributed by atoms with Gasteiger partial charge in [-0.05, 0) is 61.4 Å². The summed E-state index contributed by atoms with van der Waals surface area (Å²) >= 11 is 0. The van der Waals surface area contributed by atoms with E-state index in [0.29, 0.717) is 36.0 Å². The molecule has 0 aliphatic carbocycles. The molecule has 0 saturated carbocycles. The van der Waals surface area contributed by atoms with Crippen LogP contribution in [0, 0.1) is 0 Å². The second kappa shape index (κ2) is 9.73. The Hall–Kier alpha value is -3.61. The molecule has 0 radical (unpaired) electrons. The first-order valence-corrected chi connectivity index (χ1v) is 9.80. The normalized spacial score (nSPS) is 14.3. The van der Waals surface area contributed by atoms with Gasteiger partial charge in [-0.2, -0.15) is 0 Å². The highest BCUT2D eigenvalue weighted by molar-refractivity contribution is 6.13. The average Bonchev–Trinajstić information content (AvgIpc) is 3.08. The van der Waals surface area contributed by atoms with Crippen molar-refractivity contribution in [2.75, 3.05) is 18.5 Å². The largest absolute Gasteiger partial charge is 0.490 e. The van der Waals surface area contributed by atoms with Crippen LogP contribution in [0.3, 0.4) is 0 Å². The molecule has 0 saturated heterocycles. The third-order valence-electron chi connectivity index (χ3n) is 4.11. The first-order valence-electron chi connectivity index (χ1n) is 9.80. The lowest BCUT2D eigenvalue weighted by Gasteiger charge is -2.12. The number of benzene rings is 2. The highest BCUT2D eigenvalue weighted by Gasteiger charge is 2.24. The van der Waals surface area contributed by atoms with Gasteiger partial charge in [0.1, 0.15) is 0 Å². The lowest BCUT2D eigenvalue weighted by atomic mass is 10.1. The van der Waals surface area contributed by atoms with Crippen LogP contribution in [-0.4, -0.2) is 31.0 Å². The van der Waals surface area contributed by atoms with Crippen molar-refractivity contribution in [2.45, 2.75) is 27.2 Å². The predicted octanol–water partition coefficient (Wildman–Crippen LogP) is 4.18. The standard InChI is InChI=1S/C23H24N2O5/c1-4-12-29-20-11-6-16(14-21(20)28-5-2)13-19-23(27)30-22(25-19)17-7-9-18(10-8-17)24-15(3)26/h6-11,13-14H,4-5,12H2,1-3H3,(H,24,26)/b19-13-. The number of hydrogen-bond donors (Lipinski definition) is 1. The maximum Gasteiger partial charge on any atom is 0.363 e. The summed E-state index contributed by atoms with van der Waals surface area (Å²) < 4.78 is 16.7. The van der Waals surface area contributed by atoms with Crippen LogP contribution < -0.4 is 14.8 Å². The Labute approximate surface area is 175 Å². The molecule has 3 rings (SSSR count). The zero-order valence-corrected chi connectivity index (χ0v) is 17.2. The van der Waals surface area contributed by atoms with Crippen LogP contribution in [-0.2, 0) is 14.3 Å². The number of carbonyl (C=O) groups is 2. The minimum Gasteiger partial charge on any atom is -0.490 e. The molecule has 2 aromatic carbocycles. The number of hydrogen-bond acceptors (Lipinski definition) is 6. The van der Waals surface area contributed by atoms with Crippen LogP contribution in [0.25, 0.3) is 6.08 Å². The molecule has 0 bridgehead atoms. The lowest BCUT2D eigenvalue weighted by Crippen LogP contribution is -2.07. The van der Waals surface area contributed by atoms with Crippen LogP contribution >= 0.6 is 0 Å². The van der Waals surface area contributed by atoms with Gasteiger partial charge in [0.2, 0.25) is 11.8 Å². The third kappa shape index (κ3) is 5.26. The van der Waals surface area contributed by atoms with Crippen LogP contribution in [0.15, 0.2) is 53.2 Å². The van der Waals surface area contributed by atoms with E-state index in [0.717, 1.165) is 12.0 Å². The SMILES string of the molecule is CCCOc1ccc(/C=C2\N=C(c3ccc(NC(C)=O)cc3)OC2=O)cc1OCC. The second-order valence-electron chi connectivity index (χ2n) is 6.58. The summed E-state index contributed by atoms with van der Waals surface area (Å²) in [6, 6.07) is 12.4. The fourth-order valence-corrected chi connectivity index (χ4v) is 2.80. The molecule has 2 aromatic rings. The molecule has 1 N–H and O–H groups in total. The van der Waals surface area contributed by atoms with Gasteiger partial charge >= 0.3 is 5.97 Å². The first-order chi connectivity index (χ1) is 14.5. The topological polar surface area (TPSA) is 86.2 Å². The van der Waals surface area contributed by atoms with E-state index in [2.05, 4.69) is 10.3 Å². The molecule has 1 heterocycles. The van der Waals surface area contributed by atoms with E-state index in [4.69, 9.17) is 14.2 Å². The van der Waals surface area contributed by atoms with E-state index in [1.807, 2.05) is 32.0 Å². The smallest absolute Gasteiger partial charge is 0.363 e. The number of carbonyl (C=O) groups excluding carboxylic acids is 2. The Morgan fingerprint density at radius 2 is 1.87 bits per heavy atom. The molecule has 0 spiro atoms. The summed E-state index contributed by atoms with van der Waals surface area (Å²) in [4.78, 5) is 27.7. The van der Waals surface area contributed by atoms with Gasteiger partial charge in [0.05, 0.1) is 13.2 Å². The Balaban J connectivity index is 1.83. The number of aliphatic imine (C=N–C) groups is 1. The highest BCUT2D eigenvalue weighted by Crippen LogP contribution is 2.30. The third-order valence-corrected chi connectivity index (χ3v) is 4.11. The van der Waals surface area contributed by atoms with Gasteiger partial charge in [0.15, 0.2) is 17.2 Å². The molecule has 7 heteroatoms. The number of anilines is 1. The van der Waals surface area contributed by atoms with Crippen molar-refractivity contribution < 1.29 is 23.8 Å². The van der Waals surface area contributed by atoms with Crippen LogP contribution in [0.5, 0.6) is 11.5 Å². The Morgan fingerprint density at radius 1 is 1.10 bits per heavy atom. The molecule has 30 heavy (non-hydrogen) atoms. The van der Waals surface area contributed by atoms with Gasteiger partial charge in [0, 0.05) is 18.2 Å². The number of esters is 1. The number of rotatable bonds is 8. The summed E-state index contributed by atoms with van der Waals surface area (Å²) in [7, 11) is 0. The quantitative estimate of drug-likeness (QED) is 0.523. The van der Waals surface area contributed by atoms with E-state index in [9.17, 15) is 9.59 Å². The van der Waals surface area contributed by atoms with E-state index in [1.165, 1.54) is 6.92 Å². The molecule has 0 unspecified atom stereocenters. The number of ether oxygens (including phenoxy) is 3. The maximum atomic E-state index is 12.3. The monoisotopic (exact) mass is 408 g/mol. The van der Waals surface area contributed by atoms with Gasteiger partial charge in [-0.25, -0.2) is 9.79 Å². The minimum absolute atomic E-state index is 0.157. The summed E-state index contributed by atoms with van der Waals surface area (Å²) in [5, 5.41) is 2.69. The minimum atomic E-state index is -0.528. The summed E-state index contributed by atoms with van der Waals surface area (Å²) in [5.41, 5.74) is 2.24. The van der Waals surface area contributed by atoms with Crippen molar-refractivity contribution >= 4 is 29.5 Å². The highest BCUT2D eigenvalue weighted by atomic mass is 16.6. The molecular formula is C23H24N2O5. The average molecular weight is 408 g/mol. The van der Waals surface area contributed by atoms with E-state index >= 15 is 0 Å². The Kier molecular flexibility index (Phi) is 6.85.